The first kappa shape index (κ1) is 21.6. The fraction of sp³-hybridized carbons (Fsp3) is 0.320. The van der Waals surface area contributed by atoms with Crippen molar-refractivity contribution in [2.75, 3.05) is 18.0 Å². The van der Waals surface area contributed by atoms with E-state index in [1.54, 1.807) is 28.2 Å². The number of hydrogen-bond acceptors (Lipinski definition) is 5. The van der Waals surface area contributed by atoms with E-state index in [2.05, 4.69) is 46.5 Å². The Bertz CT molecular complexity index is 1280. The van der Waals surface area contributed by atoms with E-state index in [0.29, 0.717) is 13.1 Å². The van der Waals surface area contributed by atoms with Gasteiger partial charge in [0.05, 0.1) is 22.0 Å². The molecule has 1 aliphatic rings. The van der Waals surface area contributed by atoms with Gasteiger partial charge in [-0.15, -0.1) is 0 Å². The van der Waals surface area contributed by atoms with Crippen LogP contribution in [0.3, 0.4) is 0 Å². The monoisotopic (exact) mass is 463 g/mol. The minimum atomic E-state index is -0.280. The molecule has 0 bridgehead atoms. The molecule has 0 spiro atoms. The summed E-state index contributed by atoms with van der Waals surface area (Å²) in [6.45, 7) is 6.09. The Morgan fingerprint density at radius 1 is 1.15 bits per heavy atom. The number of amides is 1. The van der Waals surface area contributed by atoms with Crippen LogP contribution >= 0.6 is 11.3 Å². The number of halogens is 1. The van der Waals surface area contributed by atoms with Crippen molar-refractivity contribution in [1.29, 1.82) is 0 Å². The van der Waals surface area contributed by atoms with Crippen molar-refractivity contribution in [1.82, 2.24) is 20.1 Å². The number of benzene rings is 2. The van der Waals surface area contributed by atoms with Crippen molar-refractivity contribution >= 4 is 32.7 Å². The number of aromatic nitrogens is 3. The smallest absolute Gasteiger partial charge is 0.225 e. The molecule has 2 aromatic heterocycles. The second-order valence-corrected chi connectivity index (χ2v) is 9.59. The molecular formula is C25H26FN5OS. The maximum absolute atomic E-state index is 13.4. The SMILES string of the molecule is Cc1ccc(CNC(=O)[C@@H]2CCCN(c3nc4c(s3)c(C)nn4-c3ccc(F)cc3)C2)cc1. The van der Waals surface area contributed by atoms with Gasteiger partial charge in [0.1, 0.15) is 5.82 Å². The van der Waals surface area contributed by atoms with Gasteiger partial charge in [0.15, 0.2) is 10.8 Å². The van der Waals surface area contributed by atoms with Gasteiger partial charge in [0, 0.05) is 19.6 Å². The summed E-state index contributed by atoms with van der Waals surface area (Å²) in [6, 6.07) is 14.5. The lowest BCUT2D eigenvalue weighted by Crippen LogP contribution is -2.43. The van der Waals surface area contributed by atoms with Crippen molar-refractivity contribution in [2.24, 2.45) is 5.92 Å². The van der Waals surface area contributed by atoms with Gasteiger partial charge >= 0.3 is 0 Å². The molecule has 0 saturated carbocycles. The van der Waals surface area contributed by atoms with Crippen molar-refractivity contribution in [3.63, 3.8) is 0 Å². The molecule has 0 unspecified atom stereocenters. The fourth-order valence-corrected chi connectivity index (χ4v) is 5.25. The van der Waals surface area contributed by atoms with Gasteiger partial charge in [-0.05, 0) is 56.5 Å². The molecule has 8 heteroatoms. The molecule has 2 aromatic carbocycles. The lowest BCUT2D eigenvalue weighted by Gasteiger charge is -2.31. The first-order valence-corrected chi connectivity index (χ1v) is 12.0. The van der Waals surface area contributed by atoms with Gasteiger partial charge in [0.25, 0.3) is 0 Å². The number of thiazole rings is 1. The van der Waals surface area contributed by atoms with E-state index in [9.17, 15) is 9.18 Å². The largest absolute Gasteiger partial charge is 0.352 e. The first-order valence-electron chi connectivity index (χ1n) is 11.2. The first-order chi connectivity index (χ1) is 16.0. The number of piperidine rings is 1. The van der Waals surface area contributed by atoms with Crippen LogP contribution in [0.4, 0.5) is 9.52 Å². The molecule has 0 radical (unpaired) electrons. The number of hydrogen-bond donors (Lipinski definition) is 1. The lowest BCUT2D eigenvalue weighted by atomic mass is 9.97. The predicted octanol–water partition coefficient (Wildman–Crippen LogP) is 4.77. The average Bonchev–Trinajstić information content (AvgIpc) is 3.40. The number of carbonyl (C=O) groups excluding carboxylic acids is 1. The molecule has 5 rings (SSSR count). The van der Waals surface area contributed by atoms with Crippen LogP contribution in [0.1, 0.15) is 29.7 Å². The van der Waals surface area contributed by atoms with Crippen LogP contribution in [0.25, 0.3) is 16.0 Å². The molecule has 3 heterocycles. The van der Waals surface area contributed by atoms with Crippen LogP contribution in [0.5, 0.6) is 0 Å². The molecule has 1 amide bonds. The van der Waals surface area contributed by atoms with E-state index in [1.807, 2.05) is 6.92 Å². The van der Waals surface area contributed by atoms with Gasteiger partial charge in [-0.25, -0.2) is 9.07 Å². The summed E-state index contributed by atoms with van der Waals surface area (Å²) in [4.78, 5) is 19.9. The van der Waals surface area contributed by atoms with Gasteiger partial charge in [-0.3, -0.25) is 4.79 Å². The molecule has 170 valence electrons. The highest BCUT2D eigenvalue weighted by molar-refractivity contribution is 7.22. The van der Waals surface area contributed by atoms with Crippen molar-refractivity contribution in [3.05, 3.63) is 71.2 Å². The molecule has 1 saturated heterocycles. The average molecular weight is 464 g/mol. The number of fused-ring (bicyclic) bond motifs is 1. The summed E-state index contributed by atoms with van der Waals surface area (Å²) in [5.41, 5.74) is 4.75. The molecular weight excluding hydrogens is 437 g/mol. The van der Waals surface area contributed by atoms with Gasteiger partial charge in [-0.1, -0.05) is 41.2 Å². The Hall–Kier alpha value is -3.26. The number of anilines is 1. The highest BCUT2D eigenvalue weighted by Crippen LogP contribution is 2.34. The normalized spacial score (nSPS) is 16.3. The molecule has 33 heavy (non-hydrogen) atoms. The third-order valence-corrected chi connectivity index (χ3v) is 7.31. The Kier molecular flexibility index (Phi) is 5.85. The molecule has 1 atom stereocenters. The van der Waals surface area contributed by atoms with Crippen LogP contribution in [-0.2, 0) is 11.3 Å². The summed E-state index contributed by atoms with van der Waals surface area (Å²) in [5.74, 6) is -0.251. The summed E-state index contributed by atoms with van der Waals surface area (Å²) in [7, 11) is 0. The van der Waals surface area contributed by atoms with Crippen molar-refractivity contribution in [3.8, 4) is 5.69 Å². The van der Waals surface area contributed by atoms with Crippen molar-refractivity contribution < 1.29 is 9.18 Å². The lowest BCUT2D eigenvalue weighted by molar-refractivity contribution is -0.125. The van der Waals surface area contributed by atoms with Crippen molar-refractivity contribution in [2.45, 2.75) is 33.2 Å². The van der Waals surface area contributed by atoms with E-state index >= 15 is 0 Å². The van der Waals surface area contributed by atoms with E-state index in [4.69, 9.17) is 4.98 Å². The van der Waals surface area contributed by atoms with Crippen LogP contribution < -0.4 is 10.2 Å². The van der Waals surface area contributed by atoms with Crippen LogP contribution in [-0.4, -0.2) is 33.8 Å². The molecule has 6 nitrogen and oxygen atoms in total. The van der Waals surface area contributed by atoms with Crippen LogP contribution in [0, 0.1) is 25.6 Å². The van der Waals surface area contributed by atoms with Crippen LogP contribution in [0.2, 0.25) is 0 Å². The Morgan fingerprint density at radius 3 is 2.67 bits per heavy atom. The number of aryl methyl sites for hydroxylation is 2. The maximum Gasteiger partial charge on any atom is 0.225 e. The van der Waals surface area contributed by atoms with E-state index < -0.39 is 0 Å². The number of rotatable bonds is 5. The molecule has 0 aliphatic carbocycles. The fourth-order valence-electron chi connectivity index (χ4n) is 4.23. The molecule has 4 aromatic rings. The molecule has 1 aliphatic heterocycles. The minimum Gasteiger partial charge on any atom is -0.352 e. The summed E-state index contributed by atoms with van der Waals surface area (Å²) >= 11 is 1.60. The van der Waals surface area contributed by atoms with Gasteiger partial charge < -0.3 is 10.2 Å². The summed E-state index contributed by atoms with van der Waals surface area (Å²) in [6.07, 6.45) is 1.82. The standard InChI is InChI=1S/C25H26FN5OS/c1-16-5-7-18(8-6-16)14-27-24(32)19-4-3-13-30(15-19)25-28-23-22(33-25)17(2)29-31(23)21-11-9-20(26)10-12-21/h5-12,19H,3-4,13-15H2,1-2H3,(H,27,32)/t19-/m1/s1. The predicted molar refractivity (Wildman–Crippen MR) is 129 cm³/mol. The third kappa shape index (κ3) is 4.48. The van der Waals surface area contributed by atoms with Gasteiger partial charge in [-0.2, -0.15) is 10.1 Å². The number of nitrogens with zero attached hydrogens (tertiary/aromatic N) is 4. The Balaban J connectivity index is 1.31. The van der Waals surface area contributed by atoms with Gasteiger partial charge in [0.2, 0.25) is 5.91 Å². The zero-order valence-electron chi connectivity index (χ0n) is 18.7. The Labute approximate surface area is 196 Å². The van der Waals surface area contributed by atoms with E-state index in [-0.39, 0.29) is 17.6 Å². The Morgan fingerprint density at radius 2 is 1.91 bits per heavy atom. The zero-order chi connectivity index (χ0) is 22.9. The quantitative estimate of drug-likeness (QED) is 0.463. The summed E-state index contributed by atoms with van der Waals surface area (Å²) < 4.78 is 16.1. The number of carbonyl (C=O) groups is 1. The second kappa shape index (κ2) is 8.94. The highest BCUT2D eigenvalue weighted by atomic mass is 32.1. The maximum atomic E-state index is 13.4. The zero-order valence-corrected chi connectivity index (χ0v) is 19.5. The minimum absolute atomic E-state index is 0.0640. The van der Waals surface area contributed by atoms with E-state index in [1.165, 1.54) is 17.7 Å². The van der Waals surface area contributed by atoms with Crippen LogP contribution in [0.15, 0.2) is 48.5 Å². The van der Waals surface area contributed by atoms with E-state index in [0.717, 1.165) is 51.8 Å². The molecule has 1 N–H and O–H groups in total. The molecule has 1 fully saturated rings. The second-order valence-electron chi connectivity index (χ2n) is 8.61. The number of nitrogens with one attached hydrogen (secondary N) is 1. The third-order valence-electron chi connectivity index (χ3n) is 6.10. The highest BCUT2D eigenvalue weighted by Gasteiger charge is 2.28. The summed E-state index contributed by atoms with van der Waals surface area (Å²) in [5, 5.41) is 8.60. The topological polar surface area (TPSA) is 63.1 Å².